The molecule has 1 unspecified atom stereocenters. The van der Waals surface area contributed by atoms with E-state index in [0.717, 1.165) is 5.56 Å². The van der Waals surface area contributed by atoms with Gasteiger partial charge < -0.3 is 10.6 Å². The minimum atomic E-state index is -0.216. The second-order valence-corrected chi connectivity index (χ2v) is 5.31. The van der Waals surface area contributed by atoms with Gasteiger partial charge in [-0.3, -0.25) is 9.48 Å². The van der Waals surface area contributed by atoms with Crippen molar-refractivity contribution in [1.82, 2.24) is 14.7 Å². The first-order chi connectivity index (χ1) is 9.95. The van der Waals surface area contributed by atoms with Crippen molar-refractivity contribution in [3.8, 4) is 0 Å². The first-order valence-electron chi connectivity index (χ1n) is 6.80. The number of hydrogen-bond acceptors (Lipinski definition) is 3. The average Bonchev–Trinajstić information content (AvgIpc) is 2.86. The molecule has 1 heterocycles. The molecule has 1 aromatic heterocycles. The SMILES string of the molecule is CCn1cc(N)c(C(=O)N(C)C(C)c2ccccc2Cl)n1. The van der Waals surface area contributed by atoms with E-state index in [9.17, 15) is 4.79 Å². The lowest BCUT2D eigenvalue weighted by molar-refractivity contribution is 0.0737. The molecule has 0 saturated carbocycles. The molecular formula is C15H19ClN4O. The maximum absolute atomic E-state index is 12.5. The van der Waals surface area contributed by atoms with Gasteiger partial charge in [0.15, 0.2) is 5.69 Å². The van der Waals surface area contributed by atoms with Crippen molar-refractivity contribution in [1.29, 1.82) is 0 Å². The minimum Gasteiger partial charge on any atom is -0.396 e. The van der Waals surface area contributed by atoms with Crippen LogP contribution in [0.25, 0.3) is 0 Å². The molecule has 0 bridgehead atoms. The molecule has 2 rings (SSSR count). The van der Waals surface area contributed by atoms with Crippen molar-refractivity contribution in [3.63, 3.8) is 0 Å². The number of nitrogens with two attached hydrogens (primary N) is 1. The van der Waals surface area contributed by atoms with Gasteiger partial charge in [-0.05, 0) is 25.5 Å². The van der Waals surface area contributed by atoms with Crippen molar-refractivity contribution in [2.75, 3.05) is 12.8 Å². The number of rotatable bonds is 4. The first-order valence-corrected chi connectivity index (χ1v) is 7.18. The zero-order chi connectivity index (χ0) is 15.6. The van der Waals surface area contributed by atoms with E-state index < -0.39 is 0 Å². The molecule has 2 aromatic rings. The van der Waals surface area contributed by atoms with Crippen LogP contribution in [0.5, 0.6) is 0 Å². The van der Waals surface area contributed by atoms with Crippen LogP contribution < -0.4 is 5.73 Å². The highest BCUT2D eigenvalue weighted by atomic mass is 35.5. The molecule has 21 heavy (non-hydrogen) atoms. The minimum absolute atomic E-state index is 0.169. The van der Waals surface area contributed by atoms with Crippen LogP contribution in [0.2, 0.25) is 5.02 Å². The molecule has 2 N–H and O–H groups in total. The van der Waals surface area contributed by atoms with Gasteiger partial charge in [0.2, 0.25) is 0 Å². The Bertz CT molecular complexity index is 653. The Kier molecular flexibility index (Phi) is 4.53. The second-order valence-electron chi connectivity index (χ2n) is 4.90. The monoisotopic (exact) mass is 306 g/mol. The first kappa shape index (κ1) is 15.4. The Morgan fingerprint density at radius 3 is 2.71 bits per heavy atom. The largest absolute Gasteiger partial charge is 0.396 e. The van der Waals surface area contributed by atoms with Gasteiger partial charge in [-0.2, -0.15) is 5.10 Å². The lowest BCUT2D eigenvalue weighted by Gasteiger charge is -2.25. The Hall–Kier alpha value is -2.01. The predicted octanol–water partition coefficient (Wildman–Crippen LogP) is 2.97. The van der Waals surface area contributed by atoms with Gasteiger partial charge in [-0.15, -0.1) is 0 Å². The van der Waals surface area contributed by atoms with E-state index in [-0.39, 0.29) is 17.6 Å². The number of benzene rings is 1. The van der Waals surface area contributed by atoms with Gasteiger partial charge >= 0.3 is 0 Å². The summed E-state index contributed by atoms with van der Waals surface area (Å²) in [5.74, 6) is -0.216. The lowest BCUT2D eigenvalue weighted by Crippen LogP contribution is -2.30. The van der Waals surface area contributed by atoms with Gasteiger partial charge in [0.25, 0.3) is 5.91 Å². The molecule has 6 heteroatoms. The standard InChI is InChI=1S/C15H19ClN4O/c1-4-20-9-13(17)14(18-20)15(21)19(3)10(2)11-7-5-6-8-12(11)16/h5-10H,4,17H2,1-3H3. The summed E-state index contributed by atoms with van der Waals surface area (Å²) >= 11 is 6.19. The van der Waals surface area contributed by atoms with E-state index in [1.54, 1.807) is 22.8 Å². The van der Waals surface area contributed by atoms with E-state index in [1.165, 1.54) is 0 Å². The van der Waals surface area contributed by atoms with Crippen LogP contribution >= 0.6 is 11.6 Å². The molecule has 0 fully saturated rings. The van der Waals surface area contributed by atoms with Gasteiger partial charge in [0.05, 0.1) is 11.7 Å². The number of carbonyl (C=O) groups excluding carboxylic acids is 1. The molecule has 0 saturated heterocycles. The zero-order valence-corrected chi connectivity index (χ0v) is 13.1. The van der Waals surface area contributed by atoms with Gasteiger partial charge in [0, 0.05) is 24.8 Å². The van der Waals surface area contributed by atoms with Crippen molar-refractivity contribution in [2.24, 2.45) is 0 Å². The highest BCUT2D eigenvalue weighted by molar-refractivity contribution is 6.31. The second kappa shape index (κ2) is 6.18. The van der Waals surface area contributed by atoms with Crippen LogP contribution in [0, 0.1) is 0 Å². The number of aryl methyl sites for hydroxylation is 1. The number of hydrogen-bond donors (Lipinski definition) is 1. The lowest BCUT2D eigenvalue weighted by atomic mass is 10.1. The zero-order valence-electron chi connectivity index (χ0n) is 12.4. The Morgan fingerprint density at radius 1 is 1.48 bits per heavy atom. The van der Waals surface area contributed by atoms with Crippen LogP contribution in [0.15, 0.2) is 30.5 Å². The normalized spacial score (nSPS) is 12.2. The third-order valence-electron chi connectivity index (χ3n) is 3.57. The van der Waals surface area contributed by atoms with E-state index in [2.05, 4.69) is 5.10 Å². The maximum atomic E-state index is 12.5. The molecule has 1 atom stereocenters. The highest BCUT2D eigenvalue weighted by Gasteiger charge is 2.24. The summed E-state index contributed by atoms with van der Waals surface area (Å²) in [6, 6.07) is 7.31. The number of carbonyl (C=O) groups is 1. The number of nitrogens with zero attached hydrogens (tertiary/aromatic N) is 3. The molecule has 0 aliphatic heterocycles. The van der Waals surface area contributed by atoms with Crippen molar-refractivity contribution in [3.05, 3.63) is 46.7 Å². The van der Waals surface area contributed by atoms with Crippen molar-refractivity contribution < 1.29 is 4.79 Å². The van der Waals surface area contributed by atoms with Crippen LogP contribution in [0.1, 0.15) is 35.9 Å². The van der Waals surface area contributed by atoms with Crippen LogP contribution in [0.3, 0.4) is 0 Å². The maximum Gasteiger partial charge on any atom is 0.276 e. The Labute approximate surface area is 129 Å². The summed E-state index contributed by atoms with van der Waals surface area (Å²) in [6.07, 6.45) is 1.67. The molecule has 0 radical (unpaired) electrons. The number of halogens is 1. The average molecular weight is 307 g/mol. The van der Waals surface area contributed by atoms with Gasteiger partial charge in [0.1, 0.15) is 0 Å². The smallest absolute Gasteiger partial charge is 0.276 e. The van der Waals surface area contributed by atoms with Crippen molar-refractivity contribution in [2.45, 2.75) is 26.4 Å². The van der Waals surface area contributed by atoms with Gasteiger partial charge in [-0.25, -0.2) is 0 Å². The third kappa shape index (κ3) is 3.03. The molecule has 0 spiro atoms. The third-order valence-corrected chi connectivity index (χ3v) is 3.92. The molecule has 1 aromatic carbocycles. The van der Waals surface area contributed by atoms with Crippen LogP contribution in [0.4, 0.5) is 5.69 Å². The van der Waals surface area contributed by atoms with E-state index in [4.69, 9.17) is 17.3 Å². The van der Waals surface area contributed by atoms with E-state index in [0.29, 0.717) is 17.3 Å². The summed E-state index contributed by atoms with van der Waals surface area (Å²) in [5.41, 5.74) is 7.42. The van der Waals surface area contributed by atoms with Gasteiger partial charge in [-0.1, -0.05) is 29.8 Å². The quantitative estimate of drug-likeness (QED) is 0.944. The van der Waals surface area contributed by atoms with Crippen LogP contribution in [-0.4, -0.2) is 27.6 Å². The molecule has 5 nitrogen and oxygen atoms in total. The number of amides is 1. The fraction of sp³-hybridized carbons (Fsp3) is 0.333. The molecule has 0 aliphatic carbocycles. The Balaban J connectivity index is 2.26. The van der Waals surface area contributed by atoms with Crippen molar-refractivity contribution >= 4 is 23.2 Å². The highest BCUT2D eigenvalue weighted by Crippen LogP contribution is 2.27. The van der Waals surface area contributed by atoms with E-state index >= 15 is 0 Å². The summed E-state index contributed by atoms with van der Waals surface area (Å²) < 4.78 is 1.65. The molecule has 112 valence electrons. The number of nitrogen functional groups attached to an aromatic ring is 1. The topological polar surface area (TPSA) is 64.2 Å². The molecule has 0 aliphatic rings. The summed E-state index contributed by atoms with van der Waals surface area (Å²) in [7, 11) is 1.72. The predicted molar refractivity (Wildman–Crippen MR) is 84.3 cm³/mol. The summed E-state index contributed by atoms with van der Waals surface area (Å²) in [6.45, 7) is 4.53. The summed E-state index contributed by atoms with van der Waals surface area (Å²) in [4.78, 5) is 14.1. The number of anilines is 1. The van der Waals surface area contributed by atoms with Crippen LogP contribution in [-0.2, 0) is 6.54 Å². The van der Waals surface area contributed by atoms with E-state index in [1.807, 2.05) is 38.1 Å². The summed E-state index contributed by atoms with van der Waals surface area (Å²) in [5, 5.41) is 4.85. The fourth-order valence-electron chi connectivity index (χ4n) is 2.13. The fourth-order valence-corrected chi connectivity index (χ4v) is 2.42. The molecule has 1 amide bonds. The molecular weight excluding hydrogens is 288 g/mol. The number of aromatic nitrogens is 2. The Morgan fingerprint density at radius 2 is 2.14 bits per heavy atom.